The molecule has 29 heavy (non-hydrogen) atoms. The molecule has 0 unspecified atom stereocenters. The molecule has 156 valence electrons. The lowest BCUT2D eigenvalue weighted by Gasteiger charge is -2.12. The standard InChI is InChI=1S/C18H16F6N4O/c1-9(11-3-5-12(6-4-11)18(22,23)24)13-14-15(16(29)26-10(2)25-14)28(27-13)8-7-17(19,20)21/h3-6,9H,7-8H2,1-2H3,(H,25,26,29)/t9-/m1/s1. The van der Waals surface area contributed by atoms with Crippen LogP contribution in [0.25, 0.3) is 11.0 Å². The first-order valence-electron chi connectivity index (χ1n) is 8.58. The fourth-order valence-corrected chi connectivity index (χ4v) is 3.03. The Labute approximate surface area is 160 Å². The normalized spacial score (nSPS) is 13.8. The van der Waals surface area contributed by atoms with E-state index in [-0.39, 0.29) is 22.6 Å². The van der Waals surface area contributed by atoms with Gasteiger partial charge < -0.3 is 4.98 Å². The lowest BCUT2D eigenvalue weighted by atomic mass is 9.96. The maximum Gasteiger partial charge on any atom is 0.416 e. The number of aromatic amines is 1. The molecule has 1 N–H and O–H groups in total. The molecular weight excluding hydrogens is 402 g/mol. The topological polar surface area (TPSA) is 63.6 Å². The van der Waals surface area contributed by atoms with Crippen LogP contribution in [-0.2, 0) is 12.7 Å². The summed E-state index contributed by atoms with van der Waals surface area (Å²) in [4.78, 5) is 18.9. The van der Waals surface area contributed by atoms with E-state index in [2.05, 4.69) is 15.1 Å². The number of hydrogen-bond acceptors (Lipinski definition) is 3. The summed E-state index contributed by atoms with van der Waals surface area (Å²) in [5, 5.41) is 4.15. The molecule has 0 saturated carbocycles. The smallest absolute Gasteiger partial charge is 0.309 e. The molecule has 1 atom stereocenters. The number of benzene rings is 1. The van der Waals surface area contributed by atoms with E-state index in [0.717, 1.165) is 16.8 Å². The van der Waals surface area contributed by atoms with E-state index in [4.69, 9.17) is 0 Å². The summed E-state index contributed by atoms with van der Waals surface area (Å²) >= 11 is 0. The highest BCUT2D eigenvalue weighted by molar-refractivity contribution is 5.77. The van der Waals surface area contributed by atoms with Crippen LogP contribution in [0.3, 0.4) is 0 Å². The van der Waals surface area contributed by atoms with Crippen molar-refractivity contribution in [3.05, 3.63) is 57.3 Å². The molecule has 1 aromatic carbocycles. The van der Waals surface area contributed by atoms with Crippen molar-refractivity contribution in [1.29, 1.82) is 0 Å². The van der Waals surface area contributed by atoms with Gasteiger partial charge in [-0.1, -0.05) is 19.1 Å². The van der Waals surface area contributed by atoms with Crippen molar-refractivity contribution < 1.29 is 26.3 Å². The number of aryl methyl sites for hydroxylation is 2. The highest BCUT2D eigenvalue weighted by atomic mass is 19.4. The van der Waals surface area contributed by atoms with Crippen LogP contribution in [0.2, 0.25) is 0 Å². The minimum Gasteiger partial charge on any atom is -0.309 e. The van der Waals surface area contributed by atoms with Crippen molar-refractivity contribution in [2.45, 2.75) is 45.1 Å². The summed E-state index contributed by atoms with van der Waals surface area (Å²) in [6.07, 6.45) is -10.1. The van der Waals surface area contributed by atoms with E-state index in [1.54, 1.807) is 6.92 Å². The maximum absolute atomic E-state index is 12.8. The van der Waals surface area contributed by atoms with Crippen LogP contribution in [0.5, 0.6) is 0 Å². The average molecular weight is 418 g/mol. The molecule has 0 amide bonds. The zero-order chi connectivity index (χ0) is 21.6. The molecule has 11 heteroatoms. The van der Waals surface area contributed by atoms with E-state index in [0.29, 0.717) is 5.56 Å². The summed E-state index contributed by atoms with van der Waals surface area (Å²) < 4.78 is 77.2. The Hall–Kier alpha value is -2.85. The second kappa shape index (κ2) is 7.20. The van der Waals surface area contributed by atoms with E-state index in [1.165, 1.54) is 19.1 Å². The molecule has 5 nitrogen and oxygen atoms in total. The molecular formula is C18H16F6N4O. The van der Waals surface area contributed by atoms with Gasteiger partial charge in [-0.3, -0.25) is 9.48 Å². The number of alkyl halides is 6. The third-order valence-electron chi connectivity index (χ3n) is 4.50. The van der Waals surface area contributed by atoms with E-state index >= 15 is 0 Å². The molecule has 0 fully saturated rings. The zero-order valence-corrected chi connectivity index (χ0v) is 15.3. The van der Waals surface area contributed by atoms with Crippen LogP contribution in [0.15, 0.2) is 29.1 Å². The first-order chi connectivity index (χ1) is 13.4. The van der Waals surface area contributed by atoms with Gasteiger partial charge >= 0.3 is 12.4 Å². The summed E-state index contributed by atoms with van der Waals surface area (Å²) in [6.45, 7) is 2.57. The molecule has 3 aromatic rings. The van der Waals surface area contributed by atoms with Crippen molar-refractivity contribution in [2.75, 3.05) is 0 Å². The third-order valence-corrected chi connectivity index (χ3v) is 4.50. The summed E-state index contributed by atoms with van der Waals surface area (Å²) in [6, 6.07) is 4.38. The van der Waals surface area contributed by atoms with Gasteiger partial charge in [0.2, 0.25) is 0 Å². The Morgan fingerprint density at radius 3 is 2.28 bits per heavy atom. The average Bonchev–Trinajstić information content (AvgIpc) is 2.97. The molecule has 0 spiro atoms. The van der Waals surface area contributed by atoms with Crippen molar-refractivity contribution in [3.8, 4) is 0 Å². The number of rotatable bonds is 4. The first-order valence-corrected chi connectivity index (χ1v) is 8.58. The minimum atomic E-state index is -4.49. The molecule has 2 heterocycles. The molecule has 0 aliphatic heterocycles. The fourth-order valence-electron chi connectivity index (χ4n) is 3.03. The number of nitrogens with one attached hydrogen (secondary N) is 1. The lowest BCUT2D eigenvalue weighted by molar-refractivity contribution is -0.138. The first kappa shape index (κ1) is 20.9. The van der Waals surface area contributed by atoms with E-state index in [9.17, 15) is 31.1 Å². The predicted molar refractivity (Wildman–Crippen MR) is 92.5 cm³/mol. The van der Waals surface area contributed by atoms with E-state index < -0.39 is 42.4 Å². The van der Waals surface area contributed by atoms with Crippen LogP contribution < -0.4 is 5.56 Å². The van der Waals surface area contributed by atoms with Gasteiger partial charge in [0.25, 0.3) is 5.56 Å². The molecule has 2 aromatic heterocycles. The summed E-state index contributed by atoms with van der Waals surface area (Å²) in [5.41, 5.74) is -0.752. The molecule has 0 aliphatic carbocycles. The number of halogens is 6. The highest BCUT2D eigenvalue weighted by Gasteiger charge is 2.31. The van der Waals surface area contributed by atoms with Gasteiger partial charge in [-0.05, 0) is 24.6 Å². The Morgan fingerprint density at radius 2 is 1.72 bits per heavy atom. The summed E-state index contributed by atoms with van der Waals surface area (Å²) in [7, 11) is 0. The van der Waals surface area contributed by atoms with Crippen LogP contribution >= 0.6 is 0 Å². The van der Waals surface area contributed by atoms with Crippen LogP contribution in [0, 0.1) is 6.92 Å². The number of hydrogen-bond donors (Lipinski definition) is 1. The second-order valence-electron chi connectivity index (χ2n) is 6.66. The lowest BCUT2D eigenvalue weighted by Crippen LogP contribution is -2.17. The van der Waals surface area contributed by atoms with Gasteiger partial charge in [-0.15, -0.1) is 0 Å². The van der Waals surface area contributed by atoms with Crippen LogP contribution in [-0.4, -0.2) is 25.9 Å². The van der Waals surface area contributed by atoms with Gasteiger partial charge in [0.1, 0.15) is 11.3 Å². The molecule has 0 aliphatic rings. The van der Waals surface area contributed by atoms with Crippen molar-refractivity contribution in [3.63, 3.8) is 0 Å². The predicted octanol–water partition coefficient (Wildman–Crippen LogP) is 4.55. The highest BCUT2D eigenvalue weighted by Crippen LogP contribution is 2.33. The Balaban J connectivity index is 2.07. The van der Waals surface area contributed by atoms with Crippen LogP contribution in [0.4, 0.5) is 26.3 Å². The fraction of sp³-hybridized carbons (Fsp3) is 0.389. The Kier molecular flexibility index (Phi) is 5.18. The van der Waals surface area contributed by atoms with Gasteiger partial charge in [-0.2, -0.15) is 31.4 Å². The molecule has 3 rings (SSSR count). The number of nitrogens with zero attached hydrogens (tertiary/aromatic N) is 3. The molecule has 0 saturated heterocycles. The third kappa shape index (κ3) is 4.43. The van der Waals surface area contributed by atoms with Crippen molar-refractivity contribution in [1.82, 2.24) is 19.7 Å². The van der Waals surface area contributed by atoms with Crippen LogP contribution in [0.1, 0.15) is 41.9 Å². The van der Waals surface area contributed by atoms with Gasteiger partial charge in [0.05, 0.1) is 24.2 Å². The zero-order valence-electron chi connectivity index (χ0n) is 15.3. The quantitative estimate of drug-likeness (QED) is 0.633. The van der Waals surface area contributed by atoms with Gasteiger partial charge in [-0.25, -0.2) is 4.98 Å². The van der Waals surface area contributed by atoms with Crippen molar-refractivity contribution >= 4 is 11.0 Å². The molecule has 0 radical (unpaired) electrons. The molecule has 0 bridgehead atoms. The van der Waals surface area contributed by atoms with Gasteiger partial charge in [0.15, 0.2) is 5.52 Å². The summed E-state index contributed by atoms with van der Waals surface area (Å²) in [5.74, 6) is -0.348. The SMILES string of the molecule is Cc1nc2c([C@H](C)c3ccc(C(F)(F)F)cc3)nn(CCC(F)(F)F)c2c(=O)[nH]1. The Bertz CT molecular complexity index is 1080. The Morgan fingerprint density at radius 1 is 1.10 bits per heavy atom. The maximum atomic E-state index is 12.8. The largest absolute Gasteiger partial charge is 0.416 e. The second-order valence-corrected chi connectivity index (χ2v) is 6.66. The van der Waals surface area contributed by atoms with Gasteiger partial charge in [0, 0.05) is 5.92 Å². The van der Waals surface area contributed by atoms with E-state index in [1.807, 2.05) is 0 Å². The monoisotopic (exact) mass is 418 g/mol. The number of H-pyrrole nitrogens is 1. The number of aromatic nitrogens is 4. The minimum absolute atomic E-state index is 0.103. The van der Waals surface area contributed by atoms with Crippen molar-refractivity contribution in [2.24, 2.45) is 0 Å². The number of fused-ring (bicyclic) bond motifs is 1.